The second-order valence-corrected chi connectivity index (χ2v) is 7.19. The summed E-state index contributed by atoms with van der Waals surface area (Å²) in [6.07, 6.45) is 0.619. The van der Waals surface area contributed by atoms with E-state index in [1.807, 2.05) is 0 Å². The normalized spacial score (nSPS) is 11.2. The Kier molecular flexibility index (Phi) is 6.83. The number of primary sulfonamides is 1. The summed E-state index contributed by atoms with van der Waals surface area (Å²) in [6, 6.07) is 12.2. The molecule has 140 valence electrons. The molecule has 2 aromatic carbocycles. The van der Waals surface area contributed by atoms with Gasteiger partial charge in [-0.05, 0) is 60.6 Å². The zero-order valence-electron chi connectivity index (χ0n) is 13.5. The van der Waals surface area contributed by atoms with Crippen molar-refractivity contribution in [2.45, 2.75) is 17.9 Å². The third kappa shape index (κ3) is 6.54. The predicted molar refractivity (Wildman–Crippen MR) is 98.8 cm³/mol. The van der Waals surface area contributed by atoms with Gasteiger partial charge >= 0.3 is 6.61 Å². The summed E-state index contributed by atoms with van der Waals surface area (Å²) < 4.78 is 50.8. The summed E-state index contributed by atoms with van der Waals surface area (Å²) >= 11 is 5.15. The van der Waals surface area contributed by atoms with Crippen LogP contribution in [0.25, 0.3) is 0 Å². The van der Waals surface area contributed by atoms with Gasteiger partial charge in [0.15, 0.2) is 5.11 Å². The lowest BCUT2D eigenvalue weighted by Crippen LogP contribution is -2.30. The Balaban J connectivity index is 1.78. The van der Waals surface area contributed by atoms with Crippen molar-refractivity contribution in [1.29, 1.82) is 0 Å². The lowest BCUT2D eigenvalue weighted by molar-refractivity contribution is -0.0498. The summed E-state index contributed by atoms with van der Waals surface area (Å²) in [7, 11) is -3.69. The van der Waals surface area contributed by atoms with Gasteiger partial charge in [-0.25, -0.2) is 13.6 Å². The molecule has 0 heterocycles. The van der Waals surface area contributed by atoms with Crippen LogP contribution in [0.4, 0.5) is 14.5 Å². The molecule has 0 spiro atoms. The first-order valence-corrected chi connectivity index (χ1v) is 9.41. The van der Waals surface area contributed by atoms with Gasteiger partial charge in [-0.1, -0.05) is 12.1 Å². The quantitative estimate of drug-likeness (QED) is 0.617. The molecule has 0 aliphatic rings. The number of hydrogen-bond acceptors (Lipinski definition) is 4. The average molecular weight is 401 g/mol. The van der Waals surface area contributed by atoms with E-state index in [0.717, 1.165) is 5.56 Å². The van der Waals surface area contributed by atoms with E-state index in [4.69, 9.17) is 17.4 Å². The minimum absolute atomic E-state index is 0.0608. The number of nitrogens with two attached hydrogens (primary N) is 1. The fraction of sp³-hybridized carbons (Fsp3) is 0.188. The van der Waals surface area contributed by atoms with Crippen LogP contribution in [-0.2, 0) is 16.4 Å². The van der Waals surface area contributed by atoms with Gasteiger partial charge in [-0.3, -0.25) is 0 Å². The maximum Gasteiger partial charge on any atom is 0.387 e. The molecule has 0 saturated carbocycles. The molecule has 2 rings (SSSR count). The summed E-state index contributed by atoms with van der Waals surface area (Å²) in [5.41, 5.74) is 1.54. The zero-order valence-corrected chi connectivity index (χ0v) is 15.1. The number of hydrogen-bond donors (Lipinski definition) is 3. The molecule has 4 N–H and O–H groups in total. The van der Waals surface area contributed by atoms with Crippen molar-refractivity contribution in [3.05, 3.63) is 54.1 Å². The molecule has 6 nitrogen and oxygen atoms in total. The van der Waals surface area contributed by atoms with E-state index in [1.54, 1.807) is 24.3 Å². The van der Waals surface area contributed by atoms with E-state index in [1.165, 1.54) is 24.3 Å². The topological polar surface area (TPSA) is 93.5 Å². The number of alkyl halides is 2. The third-order valence-electron chi connectivity index (χ3n) is 3.29. The lowest BCUT2D eigenvalue weighted by Gasteiger charge is -2.11. The average Bonchev–Trinajstić information content (AvgIpc) is 2.56. The molecule has 10 heteroatoms. The van der Waals surface area contributed by atoms with Crippen molar-refractivity contribution in [2.24, 2.45) is 5.14 Å². The summed E-state index contributed by atoms with van der Waals surface area (Å²) in [4.78, 5) is 0.0608. The van der Waals surface area contributed by atoms with Crippen LogP contribution in [-0.4, -0.2) is 26.7 Å². The second-order valence-electron chi connectivity index (χ2n) is 5.22. The molecule has 0 unspecified atom stereocenters. The molecule has 2 aromatic rings. The number of nitrogens with one attached hydrogen (secondary N) is 2. The van der Waals surface area contributed by atoms with E-state index in [2.05, 4.69) is 15.4 Å². The van der Waals surface area contributed by atoms with Crippen LogP contribution in [0.15, 0.2) is 53.4 Å². The Bertz CT molecular complexity index is 842. The summed E-state index contributed by atoms with van der Waals surface area (Å²) in [5.74, 6) is 0.0624. The molecule has 0 bridgehead atoms. The molecule has 26 heavy (non-hydrogen) atoms. The number of ether oxygens (including phenoxy) is 1. The van der Waals surface area contributed by atoms with E-state index in [0.29, 0.717) is 23.8 Å². The molecule has 0 amide bonds. The summed E-state index contributed by atoms with van der Waals surface area (Å²) in [5, 5.41) is 11.3. The highest BCUT2D eigenvalue weighted by atomic mass is 32.2. The third-order valence-corrected chi connectivity index (χ3v) is 4.46. The standard InChI is InChI=1S/C16H17F2N3O3S2/c17-15(18)24-13-5-3-12(4-6-13)21-16(25)20-10-9-11-1-7-14(8-2-11)26(19,22)23/h1-8,15H,9-10H2,(H2,19,22,23)(H2,20,21,25). The zero-order chi connectivity index (χ0) is 19.2. The van der Waals surface area contributed by atoms with Gasteiger partial charge in [0, 0.05) is 12.2 Å². The Morgan fingerprint density at radius 3 is 2.27 bits per heavy atom. The molecule has 0 saturated heterocycles. The van der Waals surface area contributed by atoms with Crippen molar-refractivity contribution in [1.82, 2.24) is 5.32 Å². The molecule has 0 fully saturated rings. The van der Waals surface area contributed by atoms with Gasteiger partial charge in [-0.2, -0.15) is 8.78 Å². The van der Waals surface area contributed by atoms with Gasteiger partial charge < -0.3 is 15.4 Å². The number of anilines is 1. The van der Waals surface area contributed by atoms with E-state index in [9.17, 15) is 17.2 Å². The van der Waals surface area contributed by atoms with Gasteiger partial charge in [0.05, 0.1) is 4.90 Å². The number of benzene rings is 2. The first-order valence-electron chi connectivity index (χ1n) is 7.45. The van der Waals surface area contributed by atoms with Gasteiger partial charge in [0.25, 0.3) is 0 Å². The lowest BCUT2D eigenvalue weighted by atomic mass is 10.1. The van der Waals surface area contributed by atoms with Crippen LogP contribution >= 0.6 is 12.2 Å². The van der Waals surface area contributed by atoms with Crippen LogP contribution in [0.1, 0.15) is 5.56 Å². The van der Waals surface area contributed by atoms with Crippen molar-refractivity contribution in [2.75, 3.05) is 11.9 Å². The van der Waals surface area contributed by atoms with Crippen LogP contribution in [0, 0.1) is 0 Å². The van der Waals surface area contributed by atoms with Crippen LogP contribution in [0.5, 0.6) is 5.75 Å². The first kappa shape index (κ1) is 20.0. The highest BCUT2D eigenvalue weighted by molar-refractivity contribution is 7.89. The number of rotatable bonds is 7. The molecular weight excluding hydrogens is 384 g/mol. The van der Waals surface area contributed by atoms with Crippen LogP contribution in [0.2, 0.25) is 0 Å². The van der Waals surface area contributed by atoms with E-state index < -0.39 is 16.6 Å². The van der Waals surface area contributed by atoms with E-state index in [-0.39, 0.29) is 10.6 Å². The maximum atomic E-state index is 12.1. The second kappa shape index (κ2) is 8.88. The molecule has 0 aromatic heterocycles. The number of thiocarbonyl (C=S) groups is 1. The minimum Gasteiger partial charge on any atom is -0.435 e. The number of halogens is 2. The van der Waals surface area contributed by atoms with Crippen molar-refractivity contribution < 1.29 is 21.9 Å². The minimum atomic E-state index is -3.69. The highest BCUT2D eigenvalue weighted by Gasteiger charge is 2.07. The first-order chi connectivity index (χ1) is 12.2. The van der Waals surface area contributed by atoms with Gasteiger partial charge in [0.1, 0.15) is 5.75 Å². The van der Waals surface area contributed by atoms with Crippen LogP contribution in [0.3, 0.4) is 0 Å². The van der Waals surface area contributed by atoms with Gasteiger partial charge in [-0.15, -0.1) is 0 Å². The molecule has 0 aliphatic carbocycles. The number of sulfonamides is 1. The highest BCUT2D eigenvalue weighted by Crippen LogP contribution is 2.17. The van der Waals surface area contributed by atoms with Crippen LogP contribution < -0.4 is 20.5 Å². The molecule has 0 aliphatic heterocycles. The van der Waals surface area contributed by atoms with Crippen molar-refractivity contribution in [3.63, 3.8) is 0 Å². The monoisotopic (exact) mass is 401 g/mol. The SMILES string of the molecule is NS(=O)(=O)c1ccc(CCNC(=S)Nc2ccc(OC(F)F)cc2)cc1. The van der Waals surface area contributed by atoms with Gasteiger partial charge in [0.2, 0.25) is 10.0 Å². The smallest absolute Gasteiger partial charge is 0.387 e. The Morgan fingerprint density at radius 1 is 1.12 bits per heavy atom. The molecule has 0 radical (unpaired) electrons. The Morgan fingerprint density at radius 2 is 1.73 bits per heavy atom. The fourth-order valence-corrected chi connectivity index (χ4v) is 2.80. The predicted octanol–water partition coefficient (Wildman–Crippen LogP) is 2.46. The molecule has 0 atom stereocenters. The van der Waals surface area contributed by atoms with E-state index >= 15 is 0 Å². The van der Waals surface area contributed by atoms with Crippen molar-refractivity contribution in [3.8, 4) is 5.75 Å². The Labute approximate surface area is 155 Å². The maximum absolute atomic E-state index is 12.1. The largest absolute Gasteiger partial charge is 0.435 e. The fourth-order valence-electron chi connectivity index (χ4n) is 2.06. The Hall–Kier alpha value is -2.30. The van der Waals surface area contributed by atoms with Crippen molar-refractivity contribution >= 4 is 33.0 Å². The molecular formula is C16H17F2N3O3S2. The summed E-state index contributed by atoms with van der Waals surface area (Å²) in [6.45, 7) is -2.34.